The van der Waals surface area contributed by atoms with Crippen molar-refractivity contribution in [3.8, 4) is 5.75 Å². The van der Waals surface area contributed by atoms with Crippen molar-refractivity contribution in [2.75, 3.05) is 31.7 Å². The molecule has 8 heteroatoms. The molecule has 0 unspecified atom stereocenters. The molecule has 1 aromatic rings. The van der Waals surface area contributed by atoms with E-state index in [2.05, 4.69) is 29.5 Å². The minimum atomic E-state index is -3.00. The van der Waals surface area contributed by atoms with Gasteiger partial charge in [0.15, 0.2) is 5.96 Å². The Morgan fingerprint density at radius 3 is 2.56 bits per heavy atom. The van der Waals surface area contributed by atoms with Crippen LogP contribution in [-0.4, -0.2) is 46.1 Å². The fraction of sp³-hybridized carbons (Fsp3) is 0.632. The lowest BCUT2D eigenvalue weighted by Gasteiger charge is -2.14. The van der Waals surface area contributed by atoms with E-state index in [1.807, 2.05) is 32.0 Å². The van der Waals surface area contributed by atoms with Crippen molar-refractivity contribution in [1.82, 2.24) is 10.6 Å². The smallest absolute Gasteiger partial charge is 0.191 e. The van der Waals surface area contributed by atoms with E-state index in [1.54, 1.807) is 0 Å². The Morgan fingerprint density at radius 1 is 1.26 bits per heavy atom. The molecule has 1 aromatic carbocycles. The molecule has 0 aromatic heterocycles. The molecule has 0 aliphatic carbocycles. The average molecular weight is 511 g/mol. The standard InChI is InChI=1S/C19H33N3O3S.HI/c1-6-20-19(21-10-12-26(5,23)24)22-14-17-8-7-16(4)13-18(17)25-11-9-15(2)3;/h7-8,13,15H,6,9-12,14H2,1-5H3,(H2,20,21,22);1H. The van der Waals surface area contributed by atoms with Crippen LogP contribution in [0.3, 0.4) is 0 Å². The molecule has 0 radical (unpaired) electrons. The summed E-state index contributed by atoms with van der Waals surface area (Å²) in [6, 6.07) is 6.11. The van der Waals surface area contributed by atoms with E-state index in [9.17, 15) is 8.42 Å². The highest BCUT2D eigenvalue weighted by Gasteiger charge is 2.07. The molecule has 6 nitrogen and oxygen atoms in total. The summed E-state index contributed by atoms with van der Waals surface area (Å²) in [7, 11) is -3.00. The Hall–Kier alpha value is -1.03. The van der Waals surface area contributed by atoms with Gasteiger partial charge in [0, 0.05) is 24.9 Å². The second-order valence-corrected chi connectivity index (χ2v) is 9.15. The molecule has 0 amide bonds. The molecule has 156 valence electrons. The summed E-state index contributed by atoms with van der Waals surface area (Å²) in [6.45, 7) is 10.5. The minimum absolute atomic E-state index is 0. The van der Waals surface area contributed by atoms with Crippen molar-refractivity contribution in [3.05, 3.63) is 29.3 Å². The zero-order valence-corrected chi connectivity index (χ0v) is 20.2. The molecule has 0 saturated heterocycles. The van der Waals surface area contributed by atoms with E-state index >= 15 is 0 Å². The average Bonchev–Trinajstić information content (AvgIpc) is 2.52. The van der Waals surface area contributed by atoms with Crippen LogP contribution in [0.4, 0.5) is 0 Å². The summed E-state index contributed by atoms with van der Waals surface area (Å²) in [5.74, 6) is 2.14. The molecule has 1 rings (SSSR count). The fourth-order valence-electron chi connectivity index (χ4n) is 2.19. The first-order valence-corrected chi connectivity index (χ1v) is 11.2. The van der Waals surface area contributed by atoms with Crippen molar-refractivity contribution in [3.63, 3.8) is 0 Å². The number of benzene rings is 1. The Labute approximate surface area is 181 Å². The van der Waals surface area contributed by atoms with Crippen LogP contribution in [0.15, 0.2) is 23.2 Å². The zero-order valence-electron chi connectivity index (χ0n) is 17.0. The predicted molar refractivity (Wildman–Crippen MR) is 124 cm³/mol. The third kappa shape index (κ3) is 12.1. The van der Waals surface area contributed by atoms with Gasteiger partial charge in [-0.1, -0.05) is 26.0 Å². The third-order valence-electron chi connectivity index (χ3n) is 3.69. The number of hydrogen-bond donors (Lipinski definition) is 2. The van der Waals surface area contributed by atoms with Gasteiger partial charge in [-0.05, 0) is 37.8 Å². The third-order valence-corrected chi connectivity index (χ3v) is 4.64. The lowest BCUT2D eigenvalue weighted by atomic mass is 10.1. The fourth-order valence-corrected chi connectivity index (χ4v) is 2.66. The van der Waals surface area contributed by atoms with Gasteiger partial charge in [0.2, 0.25) is 0 Å². The van der Waals surface area contributed by atoms with Gasteiger partial charge in [-0.25, -0.2) is 13.4 Å². The highest BCUT2D eigenvalue weighted by molar-refractivity contribution is 14.0. The van der Waals surface area contributed by atoms with Crippen LogP contribution in [0.25, 0.3) is 0 Å². The second-order valence-electron chi connectivity index (χ2n) is 6.89. The van der Waals surface area contributed by atoms with E-state index < -0.39 is 9.84 Å². The first-order chi connectivity index (χ1) is 12.2. The second kappa shape index (κ2) is 13.2. The summed E-state index contributed by atoms with van der Waals surface area (Å²) in [5, 5.41) is 6.19. The topological polar surface area (TPSA) is 79.8 Å². The number of aryl methyl sites for hydroxylation is 1. The highest BCUT2D eigenvalue weighted by Crippen LogP contribution is 2.22. The van der Waals surface area contributed by atoms with E-state index in [-0.39, 0.29) is 29.7 Å². The molecule has 0 bridgehead atoms. The van der Waals surface area contributed by atoms with E-state index in [0.717, 1.165) is 23.3 Å². The van der Waals surface area contributed by atoms with Crippen molar-refractivity contribution < 1.29 is 13.2 Å². The number of halogens is 1. The van der Waals surface area contributed by atoms with Gasteiger partial charge in [-0.2, -0.15) is 0 Å². The largest absolute Gasteiger partial charge is 0.493 e. The van der Waals surface area contributed by atoms with Gasteiger partial charge in [0.1, 0.15) is 15.6 Å². The molecular formula is C19H34IN3O3S. The van der Waals surface area contributed by atoms with Crippen LogP contribution in [0.1, 0.15) is 38.3 Å². The van der Waals surface area contributed by atoms with E-state index in [1.165, 1.54) is 6.26 Å². The quantitative estimate of drug-likeness (QED) is 0.287. The van der Waals surface area contributed by atoms with Crippen molar-refractivity contribution in [2.24, 2.45) is 10.9 Å². The maximum Gasteiger partial charge on any atom is 0.191 e. The number of nitrogens with one attached hydrogen (secondary N) is 2. The lowest BCUT2D eigenvalue weighted by Crippen LogP contribution is -2.39. The number of rotatable bonds is 10. The van der Waals surface area contributed by atoms with Gasteiger partial charge in [0.05, 0.1) is 18.9 Å². The summed E-state index contributed by atoms with van der Waals surface area (Å²) in [5.41, 5.74) is 2.16. The van der Waals surface area contributed by atoms with Crippen molar-refractivity contribution >= 4 is 39.8 Å². The van der Waals surface area contributed by atoms with Gasteiger partial charge in [-0.3, -0.25) is 0 Å². The monoisotopic (exact) mass is 511 g/mol. The predicted octanol–water partition coefficient (Wildman–Crippen LogP) is 3.14. The van der Waals surface area contributed by atoms with Crippen LogP contribution in [0, 0.1) is 12.8 Å². The Balaban J connectivity index is 0.00000676. The summed E-state index contributed by atoms with van der Waals surface area (Å²) in [6.07, 6.45) is 2.23. The molecule has 0 heterocycles. The first-order valence-electron chi connectivity index (χ1n) is 9.13. The van der Waals surface area contributed by atoms with E-state index in [0.29, 0.717) is 38.1 Å². The van der Waals surface area contributed by atoms with Gasteiger partial charge >= 0.3 is 0 Å². The Kier molecular flexibility index (Phi) is 12.7. The van der Waals surface area contributed by atoms with Gasteiger partial charge < -0.3 is 15.4 Å². The first kappa shape index (κ1) is 26.0. The SMILES string of the molecule is CCNC(=NCc1ccc(C)cc1OCCC(C)C)NCCS(C)(=O)=O.I. The Bertz CT molecular complexity index is 691. The number of guanidine groups is 1. The minimum Gasteiger partial charge on any atom is -0.493 e. The van der Waals surface area contributed by atoms with E-state index in [4.69, 9.17) is 4.74 Å². The van der Waals surface area contributed by atoms with Crippen LogP contribution < -0.4 is 15.4 Å². The van der Waals surface area contributed by atoms with Crippen molar-refractivity contribution in [1.29, 1.82) is 0 Å². The molecule has 0 atom stereocenters. The molecule has 0 aliphatic rings. The molecular weight excluding hydrogens is 477 g/mol. The maximum atomic E-state index is 11.3. The van der Waals surface area contributed by atoms with Crippen LogP contribution in [0.2, 0.25) is 0 Å². The number of nitrogens with zero attached hydrogens (tertiary/aromatic N) is 1. The summed E-state index contributed by atoms with van der Waals surface area (Å²) < 4.78 is 28.5. The van der Waals surface area contributed by atoms with Gasteiger partial charge in [-0.15, -0.1) is 24.0 Å². The normalized spacial score (nSPS) is 11.9. The summed E-state index contributed by atoms with van der Waals surface area (Å²) in [4.78, 5) is 4.56. The van der Waals surface area contributed by atoms with Crippen molar-refractivity contribution in [2.45, 2.75) is 40.7 Å². The Morgan fingerprint density at radius 2 is 1.96 bits per heavy atom. The molecule has 0 spiro atoms. The highest BCUT2D eigenvalue weighted by atomic mass is 127. The summed E-state index contributed by atoms with van der Waals surface area (Å²) >= 11 is 0. The number of sulfone groups is 1. The molecule has 0 fully saturated rings. The zero-order chi connectivity index (χ0) is 19.6. The van der Waals surface area contributed by atoms with Crippen LogP contribution in [0.5, 0.6) is 5.75 Å². The molecule has 0 saturated carbocycles. The number of aliphatic imine (C=N–C) groups is 1. The van der Waals surface area contributed by atoms with Crippen LogP contribution in [-0.2, 0) is 16.4 Å². The lowest BCUT2D eigenvalue weighted by molar-refractivity contribution is 0.287. The molecule has 2 N–H and O–H groups in total. The maximum absolute atomic E-state index is 11.3. The molecule has 0 aliphatic heterocycles. The number of ether oxygens (including phenoxy) is 1. The molecule has 27 heavy (non-hydrogen) atoms. The van der Waals surface area contributed by atoms with Crippen LogP contribution >= 0.6 is 24.0 Å². The van der Waals surface area contributed by atoms with Gasteiger partial charge in [0.25, 0.3) is 0 Å². The number of hydrogen-bond acceptors (Lipinski definition) is 4.